The smallest absolute Gasteiger partial charge is 0.223 e. The van der Waals surface area contributed by atoms with Gasteiger partial charge in [-0.05, 0) is 18.1 Å². The van der Waals surface area contributed by atoms with Gasteiger partial charge in [0.1, 0.15) is 0 Å². The lowest BCUT2D eigenvalue weighted by atomic mass is 10.0. The maximum atomic E-state index is 11.1. The lowest BCUT2D eigenvalue weighted by Crippen LogP contribution is -2.23. The molecular formula is C10H12N2O. The summed E-state index contributed by atoms with van der Waals surface area (Å²) in [4.78, 5) is 15.1. The Hall–Kier alpha value is -1.38. The highest BCUT2D eigenvalue weighted by Crippen LogP contribution is 2.58. The monoisotopic (exact) mass is 176 g/mol. The van der Waals surface area contributed by atoms with Gasteiger partial charge in [-0.1, -0.05) is 13.0 Å². The molecule has 1 heterocycles. The van der Waals surface area contributed by atoms with Crippen molar-refractivity contribution in [2.75, 3.05) is 0 Å². The standard InChI is InChI=1S/C10H12N2O/c1-10(9(11)13)5-8(10)7-3-2-4-12-6-7/h2-4,6,8H,5H2,1H3,(H2,11,13)/t8?,10-/m0/s1. The van der Waals surface area contributed by atoms with Gasteiger partial charge in [-0.15, -0.1) is 0 Å². The molecule has 0 spiro atoms. The fourth-order valence-corrected chi connectivity index (χ4v) is 1.71. The van der Waals surface area contributed by atoms with Gasteiger partial charge < -0.3 is 5.73 Å². The van der Waals surface area contributed by atoms with Gasteiger partial charge in [0.25, 0.3) is 0 Å². The molecule has 1 amide bonds. The van der Waals surface area contributed by atoms with Crippen molar-refractivity contribution < 1.29 is 4.79 Å². The van der Waals surface area contributed by atoms with E-state index < -0.39 is 0 Å². The van der Waals surface area contributed by atoms with Crippen LogP contribution in [0.2, 0.25) is 0 Å². The summed E-state index contributed by atoms with van der Waals surface area (Å²) in [6.45, 7) is 1.91. The fourth-order valence-electron chi connectivity index (χ4n) is 1.71. The van der Waals surface area contributed by atoms with Gasteiger partial charge in [-0.3, -0.25) is 9.78 Å². The quantitative estimate of drug-likeness (QED) is 0.732. The number of nitrogens with zero attached hydrogens (tertiary/aromatic N) is 1. The lowest BCUT2D eigenvalue weighted by Gasteiger charge is -2.04. The third-order valence-corrected chi connectivity index (χ3v) is 2.89. The van der Waals surface area contributed by atoms with Crippen LogP contribution < -0.4 is 5.73 Å². The first-order chi connectivity index (χ1) is 6.14. The van der Waals surface area contributed by atoms with Gasteiger partial charge in [-0.25, -0.2) is 0 Å². The molecule has 1 aliphatic rings. The van der Waals surface area contributed by atoms with Crippen LogP contribution in [0.1, 0.15) is 24.8 Å². The van der Waals surface area contributed by atoms with Gasteiger partial charge >= 0.3 is 0 Å². The third kappa shape index (κ3) is 1.20. The van der Waals surface area contributed by atoms with E-state index in [1.54, 1.807) is 12.4 Å². The number of hydrogen-bond donors (Lipinski definition) is 1. The predicted octanol–water partition coefficient (Wildman–Crippen LogP) is 1.06. The van der Waals surface area contributed by atoms with E-state index in [-0.39, 0.29) is 17.2 Å². The molecule has 0 aromatic carbocycles. The Morgan fingerprint density at radius 1 is 1.77 bits per heavy atom. The van der Waals surface area contributed by atoms with E-state index >= 15 is 0 Å². The van der Waals surface area contributed by atoms with Crippen LogP contribution in [0, 0.1) is 5.41 Å². The normalized spacial score (nSPS) is 31.3. The Balaban J connectivity index is 2.21. The summed E-state index contributed by atoms with van der Waals surface area (Å²) in [7, 11) is 0. The molecule has 0 radical (unpaired) electrons. The van der Waals surface area contributed by atoms with Gasteiger partial charge in [0.05, 0.1) is 5.41 Å². The molecule has 1 aromatic heterocycles. The summed E-state index contributed by atoms with van der Waals surface area (Å²) in [5.74, 6) is 0.0695. The number of nitrogens with two attached hydrogens (primary N) is 1. The van der Waals surface area contributed by atoms with Crippen molar-refractivity contribution in [3.63, 3.8) is 0 Å². The van der Waals surface area contributed by atoms with Crippen LogP contribution in [-0.2, 0) is 4.79 Å². The van der Waals surface area contributed by atoms with Crippen molar-refractivity contribution in [2.45, 2.75) is 19.3 Å². The minimum atomic E-state index is -0.330. The largest absolute Gasteiger partial charge is 0.369 e. The van der Waals surface area contributed by atoms with Crippen molar-refractivity contribution in [2.24, 2.45) is 11.1 Å². The second-order valence-corrected chi connectivity index (χ2v) is 3.82. The summed E-state index contributed by atoms with van der Waals surface area (Å²) < 4.78 is 0. The SMILES string of the molecule is C[C@]1(C(N)=O)CC1c1cccnc1. The van der Waals surface area contributed by atoms with Gasteiger partial charge in [0, 0.05) is 18.3 Å². The van der Waals surface area contributed by atoms with Crippen molar-refractivity contribution in [3.8, 4) is 0 Å². The highest BCUT2D eigenvalue weighted by molar-refractivity contribution is 5.85. The molecule has 1 unspecified atom stereocenters. The van der Waals surface area contributed by atoms with E-state index in [2.05, 4.69) is 4.98 Å². The number of carbonyl (C=O) groups is 1. The molecule has 0 aliphatic heterocycles. The maximum absolute atomic E-state index is 11.1. The van der Waals surface area contributed by atoms with Crippen LogP contribution in [0.15, 0.2) is 24.5 Å². The van der Waals surface area contributed by atoms with Gasteiger partial charge in [-0.2, -0.15) is 0 Å². The summed E-state index contributed by atoms with van der Waals surface area (Å²) in [6.07, 6.45) is 4.39. The Kier molecular flexibility index (Phi) is 1.62. The van der Waals surface area contributed by atoms with E-state index in [9.17, 15) is 4.79 Å². The van der Waals surface area contributed by atoms with Crippen LogP contribution in [0.4, 0.5) is 0 Å². The molecule has 68 valence electrons. The van der Waals surface area contributed by atoms with Crippen molar-refractivity contribution in [1.82, 2.24) is 4.98 Å². The molecule has 13 heavy (non-hydrogen) atoms. The highest BCUT2D eigenvalue weighted by Gasteiger charge is 2.55. The summed E-state index contributed by atoms with van der Waals surface area (Å²) in [5.41, 5.74) is 6.08. The highest BCUT2D eigenvalue weighted by atomic mass is 16.1. The summed E-state index contributed by atoms with van der Waals surface area (Å²) in [5, 5.41) is 0. The van der Waals surface area contributed by atoms with Crippen LogP contribution in [0.3, 0.4) is 0 Å². The topological polar surface area (TPSA) is 56.0 Å². The minimum Gasteiger partial charge on any atom is -0.369 e. The molecule has 1 aliphatic carbocycles. The first-order valence-electron chi connectivity index (χ1n) is 4.34. The maximum Gasteiger partial charge on any atom is 0.223 e. The number of amides is 1. The molecule has 2 N–H and O–H groups in total. The zero-order chi connectivity index (χ0) is 9.47. The molecule has 0 bridgehead atoms. The first-order valence-corrected chi connectivity index (χ1v) is 4.34. The van der Waals surface area contributed by atoms with Gasteiger partial charge in [0.15, 0.2) is 0 Å². The van der Waals surface area contributed by atoms with Crippen molar-refractivity contribution in [3.05, 3.63) is 30.1 Å². The van der Waals surface area contributed by atoms with E-state index in [1.165, 1.54) is 0 Å². The predicted molar refractivity (Wildman–Crippen MR) is 48.9 cm³/mol. The molecular weight excluding hydrogens is 164 g/mol. The zero-order valence-electron chi connectivity index (χ0n) is 7.53. The van der Waals surface area contributed by atoms with Crippen LogP contribution >= 0.6 is 0 Å². The van der Waals surface area contributed by atoms with Crippen LogP contribution in [-0.4, -0.2) is 10.9 Å². The fraction of sp³-hybridized carbons (Fsp3) is 0.400. The number of aromatic nitrogens is 1. The van der Waals surface area contributed by atoms with E-state index in [1.807, 2.05) is 19.1 Å². The van der Waals surface area contributed by atoms with Crippen LogP contribution in [0.5, 0.6) is 0 Å². The number of rotatable bonds is 2. The molecule has 0 saturated heterocycles. The second kappa shape index (κ2) is 2.55. The summed E-state index contributed by atoms with van der Waals surface area (Å²) >= 11 is 0. The van der Waals surface area contributed by atoms with E-state index in [0.29, 0.717) is 0 Å². The molecule has 3 heteroatoms. The number of carbonyl (C=O) groups excluding carboxylic acids is 1. The first kappa shape index (κ1) is 8.23. The lowest BCUT2D eigenvalue weighted by molar-refractivity contribution is -0.122. The van der Waals surface area contributed by atoms with E-state index in [4.69, 9.17) is 5.73 Å². The zero-order valence-corrected chi connectivity index (χ0v) is 7.53. The molecule has 2 atom stereocenters. The number of hydrogen-bond acceptors (Lipinski definition) is 2. The number of pyridine rings is 1. The molecule has 1 fully saturated rings. The minimum absolute atomic E-state index is 0.207. The van der Waals surface area contributed by atoms with Gasteiger partial charge in [0.2, 0.25) is 5.91 Å². The Bertz CT molecular complexity index is 336. The molecule has 3 nitrogen and oxygen atoms in total. The second-order valence-electron chi connectivity index (χ2n) is 3.82. The Labute approximate surface area is 77.0 Å². The third-order valence-electron chi connectivity index (χ3n) is 2.89. The van der Waals surface area contributed by atoms with Crippen molar-refractivity contribution in [1.29, 1.82) is 0 Å². The molecule has 2 rings (SSSR count). The number of primary amides is 1. The average Bonchev–Trinajstić information content (AvgIpc) is 2.81. The molecule has 1 saturated carbocycles. The summed E-state index contributed by atoms with van der Waals surface area (Å²) in [6, 6.07) is 3.88. The van der Waals surface area contributed by atoms with Crippen LogP contribution in [0.25, 0.3) is 0 Å². The average molecular weight is 176 g/mol. The van der Waals surface area contributed by atoms with Crippen molar-refractivity contribution >= 4 is 5.91 Å². The Morgan fingerprint density at radius 3 is 3.00 bits per heavy atom. The Morgan fingerprint density at radius 2 is 2.54 bits per heavy atom. The molecule has 1 aromatic rings. The van der Waals surface area contributed by atoms with E-state index in [0.717, 1.165) is 12.0 Å².